The van der Waals surface area contributed by atoms with Crippen molar-refractivity contribution >= 4 is 11.6 Å². The van der Waals surface area contributed by atoms with Crippen LogP contribution >= 0.6 is 11.6 Å². The van der Waals surface area contributed by atoms with Crippen LogP contribution in [-0.4, -0.2) is 5.16 Å². The first-order valence-electron chi connectivity index (χ1n) is 3.70. The highest BCUT2D eigenvalue weighted by Gasteiger charge is 2.15. The lowest BCUT2D eigenvalue weighted by molar-refractivity contribution is 0.417. The number of halogens is 1. The second kappa shape index (κ2) is 3.24. The summed E-state index contributed by atoms with van der Waals surface area (Å²) >= 11 is 5.84. The molecule has 2 aromatic heterocycles. The molecule has 0 fully saturated rings. The lowest BCUT2D eigenvalue weighted by Gasteiger charge is -1.93. The third-order valence-corrected chi connectivity index (χ3v) is 1.99. The van der Waals surface area contributed by atoms with Crippen LogP contribution in [-0.2, 0) is 6.54 Å². The van der Waals surface area contributed by atoms with Gasteiger partial charge in [0.2, 0.25) is 5.76 Å². The Morgan fingerprint density at radius 3 is 2.92 bits per heavy atom. The average Bonchev–Trinajstić information content (AvgIpc) is 2.71. The second-order valence-corrected chi connectivity index (χ2v) is 2.89. The van der Waals surface area contributed by atoms with Gasteiger partial charge < -0.3 is 14.7 Å². The number of furan rings is 1. The lowest BCUT2D eigenvalue weighted by Crippen LogP contribution is -1.95. The molecule has 68 valence electrons. The van der Waals surface area contributed by atoms with E-state index in [1.165, 1.54) is 6.26 Å². The minimum atomic E-state index is 0.343. The maximum absolute atomic E-state index is 5.84. The van der Waals surface area contributed by atoms with Gasteiger partial charge in [-0.25, -0.2) is 0 Å². The van der Waals surface area contributed by atoms with Crippen LogP contribution in [0.15, 0.2) is 27.5 Å². The molecular weight excluding hydrogens is 192 g/mol. The van der Waals surface area contributed by atoms with Crippen LogP contribution in [0, 0.1) is 0 Å². The molecule has 0 aliphatic heterocycles. The fraction of sp³-hybridized carbons (Fsp3) is 0.125. The van der Waals surface area contributed by atoms with Gasteiger partial charge in [-0.2, -0.15) is 0 Å². The third-order valence-electron chi connectivity index (χ3n) is 1.69. The summed E-state index contributed by atoms with van der Waals surface area (Å²) in [6, 6.07) is 1.64. The van der Waals surface area contributed by atoms with E-state index in [9.17, 15) is 0 Å². The van der Waals surface area contributed by atoms with Gasteiger partial charge >= 0.3 is 0 Å². The van der Waals surface area contributed by atoms with Gasteiger partial charge in [-0.05, 0) is 6.07 Å². The zero-order chi connectivity index (χ0) is 9.26. The molecule has 5 heteroatoms. The summed E-state index contributed by atoms with van der Waals surface area (Å²) in [7, 11) is 0. The molecule has 0 aliphatic carbocycles. The Labute approximate surface area is 79.3 Å². The molecule has 13 heavy (non-hydrogen) atoms. The third kappa shape index (κ3) is 1.34. The van der Waals surface area contributed by atoms with Gasteiger partial charge in [0.15, 0.2) is 5.76 Å². The number of rotatable bonds is 2. The number of aromatic nitrogens is 1. The predicted octanol–water partition coefficient (Wildman–Crippen LogP) is 2.05. The zero-order valence-corrected chi connectivity index (χ0v) is 7.41. The molecular formula is C8H7ClN2O2. The number of nitrogens with two attached hydrogens (primary N) is 1. The van der Waals surface area contributed by atoms with E-state index in [1.807, 2.05) is 0 Å². The largest absolute Gasteiger partial charge is 0.459 e. The van der Waals surface area contributed by atoms with E-state index in [0.717, 1.165) is 5.56 Å². The summed E-state index contributed by atoms with van der Waals surface area (Å²) in [5, 5.41) is 4.11. The van der Waals surface area contributed by atoms with Crippen molar-refractivity contribution in [1.29, 1.82) is 0 Å². The highest BCUT2D eigenvalue weighted by Crippen LogP contribution is 2.30. The molecule has 0 aliphatic rings. The quantitative estimate of drug-likeness (QED) is 0.802. The molecule has 2 heterocycles. The SMILES string of the molecule is NCc1cnoc1-c1occc1Cl. The van der Waals surface area contributed by atoms with Crippen LogP contribution in [0.1, 0.15) is 5.56 Å². The van der Waals surface area contributed by atoms with E-state index in [-0.39, 0.29) is 0 Å². The molecule has 0 amide bonds. The van der Waals surface area contributed by atoms with Gasteiger partial charge in [-0.15, -0.1) is 0 Å². The van der Waals surface area contributed by atoms with Crippen LogP contribution in [0.3, 0.4) is 0 Å². The number of hydrogen-bond acceptors (Lipinski definition) is 4. The van der Waals surface area contributed by atoms with Crippen molar-refractivity contribution in [3.63, 3.8) is 0 Å². The second-order valence-electron chi connectivity index (χ2n) is 2.48. The van der Waals surface area contributed by atoms with Gasteiger partial charge in [-0.1, -0.05) is 16.8 Å². The molecule has 0 saturated carbocycles. The first-order chi connectivity index (χ1) is 6.33. The van der Waals surface area contributed by atoms with Crippen molar-refractivity contribution in [1.82, 2.24) is 5.16 Å². The predicted molar refractivity (Wildman–Crippen MR) is 47.1 cm³/mol. The maximum Gasteiger partial charge on any atom is 0.208 e. The van der Waals surface area contributed by atoms with Crippen LogP contribution in [0.5, 0.6) is 0 Å². The molecule has 0 atom stereocenters. The molecule has 0 aromatic carbocycles. The van der Waals surface area contributed by atoms with E-state index in [0.29, 0.717) is 23.1 Å². The van der Waals surface area contributed by atoms with E-state index in [4.69, 9.17) is 26.3 Å². The summed E-state index contributed by atoms with van der Waals surface area (Å²) < 4.78 is 10.1. The Balaban J connectivity index is 2.52. The van der Waals surface area contributed by atoms with Crippen molar-refractivity contribution in [3.8, 4) is 11.5 Å². The minimum Gasteiger partial charge on any atom is -0.459 e. The number of hydrogen-bond donors (Lipinski definition) is 1. The molecule has 4 nitrogen and oxygen atoms in total. The zero-order valence-electron chi connectivity index (χ0n) is 6.66. The summed E-state index contributed by atoms with van der Waals surface area (Å²) in [5.41, 5.74) is 6.24. The Bertz CT molecular complexity index is 408. The van der Waals surface area contributed by atoms with Gasteiger partial charge in [0, 0.05) is 12.1 Å². The topological polar surface area (TPSA) is 65.2 Å². The van der Waals surface area contributed by atoms with Crippen LogP contribution in [0.4, 0.5) is 0 Å². The Morgan fingerprint density at radius 1 is 1.46 bits per heavy atom. The van der Waals surface area contributed by atoms with Crippen molar-refractivity contribution in [2.75, 3.05) is 0 Å². The molecule has 2 rings (SSSR count). The first-order valence-corrected chi connectivity index (χ1v) is 4.07. The summed E-state index contributed by atoms with van der Waals surface area (Å²) in [6.07, 6.45) is 3.04. The van der Waals surface area contributed by atoms with Crippen LogP contribution in [0.2, 0.25) is 5.02 Å². The Morgan fingerprint density at radius 2 is 2.31 bits per heavy atom. The highest BCUT2D eigenvalue weighted by molar-refractivity contribution is 6.32. The fourth-order valence-corrected chi connectivity index (χ4v) is 1.23. The van der Waals surface area contributed by atoms with Gasteiger partial charge in [0.1, 0.15) is 0 Å². The first kappa shape index (κ1) is 8.34. The molecule has 0 spiro atoms. The summed E-state index contributed by atoms with van der Waals surface area (Å²) in [6.45, 7) is 0.343. The van der Waals surface area contributed by atoms with E-state index in [1.54, 1.807) is 12.3 Å². The maximum atomic E-state index is 5.84. The molecule has 2 aromatic rings. The van der Waals surface area contributed by atoms with Gasteiger partial charge in [0.25, 0.3) is 0 Å². The monoisotopic (exact) mass is 198 g/mol. The molecule has 0 bridgehead atoms. The summed E-state index contributed by atoms with van der Waals surface area (Å²) in [4.78, 5) is 0. The molecule has 0 unspecified atom stereocenters. The minimum absolute atomic E-state index is 0.343. The normalized spacial score (nSPS) is 10.6. The van der Waals surface area contributed by atoms with Crippen molar-refractivity contribution in [2.24, 2.45) is 5.73 Å². The summed E-state index contributed by atoms with van der Waals surface area (Å²) in [5.74, 6) is 0.970. The molecule has 0 saturated heterocycles. The Kier molecular flexibility index (Phi) is 2.08. The Hall–Kier alpha value is -1.26. The van der Waals surface area contributed by atoms with Crippen molar-refractivity contribution < 1.29 is 8.94 Å². The van der Waals surface area contributed by atoms with E-state index >= 15 is 0 Å². The van der Waals surface area contributed by atoms with Crippen molar-refractivity contribution in [3.05, 3.63) is 29.1 Å². The lowest BCUT2D eigenvalue weighted by atomic mass is 10.2. The van der Waals surface area contributed by atoms with Crippen LogP contribution < -0.4 is 5.73 Å². The van der Waals surface area contributed by atoms with E-state index in [2.05, 4.69) is 5.16 Å². The smallest absolute Gasteiger partial charge is 0.208 e. The molecule has 2 N–H and O–H groups in total. The van der Waals surface area contributed by atoms with Crippen molar-refractivity contribution in [2.45, 2.75) is 6.54 Å². The standard InChI is InChI=1S/C8H7ClN2O2/c9-6-1-2-12-8(6)7-5(3-10)4-11-13-7/h1-2,4H,3,10H2. The number of nitrogens with zero attached hydrogens (tertiary/aromatic N) is 1. The average molecular weight is 199 g/mol. The molecule has 0 radical (unpaired) electrons. The van der Waals surface area contributed by atoms with Gasteiger partial charge in [0.05, 0.1) is 17.5 Å². The fourth-order valence-electron chi connectivity index (χ4n) is 1.05. The van der Waals surface area contributed by atoms with E-state index < -0.39 is 0 Å². The highest BCUT2D eigenvalue weighted by atomic mass is 35.5. The van der Waals surface area contributed by atoms with Gasteiger partial charge in [-0.3, -0.25) is 0 Å². The van der Waals surface area contributed by atoms with Crippen LogP contribution in [0.25, 0.3) is 11.5 Å².